The number of imide groups is 1. The van der Waals surface area contributed by atoms with E-state index in [0.29, 0.717) is 12.8 Å². The standard InChI is InChI=1S/C29H31N3O3/c1-35-25-16-14-24(15-17-25)26-13-8-18-31(26)21-32-27(33)29(30-28(32)34,19-22-9-4-2-5-10-22)20-23-11-6-3-7-12-23/h2-7,9-12,14-17,26H,8,13,18-21H2,1H3,(H,30,34). The monoisotopic (exact) mass is 469 g/mol. The lowest BCUT2D eigenvalue weighted by Crippen LogP contribution is -2.51. The van der Waals surface area contributed by atoms with E-state index in [4.69, 9.17) is 4.74 Å². The lowest BCUT2D eigenvalue weighted by Gasteiger charge is -2.30. The van der Waals surface area contributed by atoms with E-state index in [1.807, 2.05) is 72.8 Å². The van der Waals surface area contributed by atoms with Crippen molar-refractivity contribution in [1.82, 2.24) is 15.1 Å². The van der Waals surface area contributed by atoms with Gasteiger partial charge in [-0.2, -0.15) is 0 Å². The van der Waals surface area contributed by atoms with Crippen molar-refractivity contribution in [3.63, 3.8) is 0 Å². The third kappa shape index (κ3) is 4.80. The number of carbonyl (C=O) groups is 2. The van der Waals surface area contributed by atoms with E-state index in [0.717, 1.165) is 36.3 Å². The van der Waals surface area contributed by atoms with Gasteiger partial charge in [-0.05, 0) is 41.7 Å². The lowest BCUT2D eigenvalue weighted by molar-refractivity contribution is -0.133. The molecule has 180 valence electrons. The van der Waals surface area contributed by atoms with Crippen molar-refractivity contribution in [2.24, 2.45) is 0 Å². The fourth-order valence-corrected chi connectivity index (χ4v) is 5.38. The molecule has 0 aliphatic carbocycles. The van der Waals surface area contributed by atoms with Gasteiger partial charge in [0.05, 0.1) is 13.8 Å². The van der Waals surface area contributed by atoms with Crippen LogP contribution in [0.2, 0.25) is 0 Å². The second kappa shape index (κ2) is 9.92. The summed E-state index contributed by atoms with van der Waals surface area (Å²) in [6.45, 7) is 1.13. The van der Waals surface area contributed by atoms with Gasteiger partial charge < -0.3 is 10.1 Å². The van der Waals surface area contributed by atoms with Crippen molar-refractivity contribution in [2.45, 2.75) is 37.3 Å². The van der Waals surface area contributed by atoms with Crippen LogP contribution in [-0.2, 0) is 17.6 Å². The molecule has 2 aliphatic heterocycles. The molecular weight excluding hydrogens is 438 g/mol. The quantitative estimate of drug-likeness (QED) is 0.491. The number of hydrogen-bond donors (Lipinski definition) is 1. The number of amides is 3. The summed E-state index contributed by atoms with van der Waals surface area (Å²) in [6, 6.07) is 27.7. The molecule has 2 aliphatic rings. The number of nitrogens with zero attached hydrogens (tertiary/aromatic N) is 2. The Morgan fingerprint density at radius 3 is 2.06 bits per heavy atom. The molecule has 0 bridgehead atoms. The van der Waals surface area contributed by atoms with Gasteiger partial charge in [0.15, 0.2) is 0 Å². The first-order valence-electron chi connectivity index (χ1n) is 12.2. The molecule has 3 aromatic rings. The minimum atomic E-state index is -1.00. The first kappa shape index (κ1) is 23.1. The van der Waals surface area contributed by atoms with Crippen LogP contribution >= 0.6 is 0 Å². The Kier molecular flexibility index (Phi) is 6.55. The summed E-state index contributed by atoms with van der Waals surface area (Å²) in [5.41, 5.74) is 2.22. The van der Waals surface area contributed by atoms with Gasteiger partial charge in [-0.15, -0.1) is 0 Å². The van der Waals surface area contributed by atoms with Crippen LogP contribution in [-0.4, -0.2) is 47.6 Å². The Morgan fingerprint density at radius 2 is 1.49 bits per heavy atom. The molecule has 1 atom stereocenters. The molecule has 0 spiro atoms. The Bertz CT molecular complexity index is 1120. The predicted molar refractivity (Wildman–Crippen MR) is 135 cm³/mol. The van der Waals surface area contributed by atoms with Gasteiger partial charge in [-0.1, -0.05) is 72.8 Å². The molecule has 2 fully saturated rings. The molecule has 3 aromatic carbocycles. The van der Waals surface area contributed by atoms with E-state index in [9.17, 15) is 9.59 Å². The number of methoxy groups -OCH3 is 1. The van der Waals surface area contributed by atoms with E-state index in [2.05, 4.69) is 22.3 Å². The van der Waals surface area contributed by atoms with E-state index in [1.165, 1.54) is 10.5 Å². The van der Waals surface area contributed by atoms with Crippen molar-refractivity contribution in [1.29, 1.82) is 0 Å². The summed E-state index contributed by atoms with van der Waals surface area (Å²) in [7, 11) is 1.66. The van der Waals surface area contributed by atoms with E-state index < -0.39 is 5.54 Å². The molecule has 1 unspecified atom stereocenters. The molecular formula is C29H31N3O3. The van der Waals surface area contributed by atoms with Crippen LogP contribution in [0.15, 0.2) is 84.9 Å². The fourth-order valence-electron chi connectivity index (χ4n) is 5.38. The molecule has 1 N–H and O–H groups in total. The molecule has 6 nitrogen and oxygen atoms in total. The summed E-state index contributed by atoms with van der Waals surface area (Å²) in [6.07, 6.45) is 2.92. The van der Waals surface area contributed by atoms with Crippen LogP contribution in [0.3, 0.4) is 0 Å². The highest BCUT2D eigenvalue weighted by Crippen LogP contribution is 2.34. The molecule has 6 heteroatoms. The first-order chi connectivity index (χ1) is 17.1. The topological polar surface area (TPSA) is 61.9 Å². The average molecular weight is 470 g/mol. The SMILES string of the molecule is COc1ccc(C2CCCN2CN2C(=O)NC(Cc3ccccc3)(Cc3ccccc3)C2=O)cc1. The molecule has 2 heterocycles. The van der Waals surface area contributed by atoms with Crippen LogP contribution < -0.4 is 10.1 Å². The van der Waals surface area contributed by atoms with E-state index in [1.54, 1.807) is 7.11 Å². The molecule has 2 saturated heterocycles. The van der Waals surface area contributed by atoms with Gasteiger partial charge in [0.1, 0.15) is 11.3 Å². The van der Waals surface area contributed by atoms with Crippen molar-refractivity contribution < 1.29 is 14.3 Å². The summed E-state index contributed by atoms with van der Waals surface area (Å²) in [5, 5.41) is 3.10. The van der Waals surface area contributed by atoms with Gasteiger partial charge in [0.25, 0.3) is 5.91 Å². The summed E-state index contributed by atoms with van der Waals surface area (Å²) in [5.74, 6) is 0.662. The molecule has 35 heavy (non-hydrogen) atoms. The maximum Gasteiger partial charge on any atom is 0.326 e. The highest BCUT2D eigenvalue weighted by molar-refractivity contribution is 6.07. The molecule has 0 aromatic heterocycles. The van der Waals surface area contributed by atoms with Crippen LogP contribution in [0.5, 0.6) is 5.75 Å². The minimum absolute atomic E-state index is 0.157. The Morgan fingerprint density at radius 1 is 0.886 bits per heavy atom. The first-order valence-corrected chi connectivity index (χ1v) is 12.2. The normalized spacial score (nSPS) is 19.7. The number of hydrogen-bond acceptors (Lipinski definition) is 4. The summed E-state index contributed by atoms with van der Waals surface area (Å²) >= 11 is 0. The number of nitrogens with one attached hydrogen (secondary N) is 1. The van der Waals surface area contributed by atoms with Crippen LogP contribution in [0, 0.1) is 0 Å². The number of urea groups is 1. The molecule has 3 amide bonds. The van der Waals surface area contributed by atoms with Crippen molar-refractivity contribution in [3.8, 4) is 5.75 Å². The number of ether oxygens (including phenoxy) is 1. The van der Waals surface area contributed by atoms with Crippen LogP contribution in [0.4, 0.5) is 4.79 Å². The Labute approximate surface area is 206 Å². The number of rotatable bonds is 8. The molecule has 0 radical (unpaired) electrons. The minimum Gasteiger partial charge on any atom is -0.497 e. The third-order valence-corrected chi connectivity index (χ3v) is 7.13. The Balaban J connectivity index is 1.39. The lowest BCUT2D eigenvalue weighted by atomic mass is 9.84. The van der Waals surface area contributed by atoms with Crippen LogP contribution in [0.1, 0.15) is 35.6 Å². The fraction of sp³-hybridized carbons (Fsp3) is 0.310. The van der Waals surface area contributed by atoms with Crippen molar-refractivity contribution in [2.75, 3.05) is 20.3 Å². The smallest absolute Gasteiger partial charge is 0.326 e. The van der Waals surface area contributed by atoms with Crippen LogP contribution in [0.25, 0.3) is 0 Å². The third-order valence-electron chi connectivity index (χ3n) is 7.13. The zero-order valence-electron chi connectivity index (χ0n) is 20.0. The zero-order valence-corrected chi connectivity index (χ0v) is 20.0. The van der Waals surface area contributed by atoms with E-state index >= 15 is 0 Å². The molecule has 0 saturated carbocycles. The summed E-state index contributed by atoms with van der Waals surface area (Å²) in [4.78, 5) is 30.9. The number of benzene rings is 3. The second-order valence-electron chi connectivity index (χ2n) is 9.46. The number of likely N-dealkylation sites (tertiary alicyclic amines) is 1. The van der Waals surface area contributed by atoms with Crippen molar-refractivity contribution in [3.05, 3.63) is 102 Å². The zero-order chi connectivity index (χ0) is 24.3. The highest BCUT2D eigenvalue weighted by atomic mass is 16.5. The van der Waals surface area contributed by atoms with Gasteiger partial charge >= 0.3 is 6.03 Å². The summed E-state index contributed by atoms with van der Waals surface area (Å²) < 4.78 is 5.30. The van der Waals surface area contributed by atoms with Gasteiger partial charge in [0.2, 0.25) is 0 Å². The van der Waals surface area contributed by atoms with E-state index in [-0.39, 0.29) is 24.6 Å². The van der Waals surface area contributed by atoms with Gasteiger partial charge in [-0.25, -0.2) is 9.69 Å². The number of carbonyl (C=O) groups excluding carboxylic acids is 2. The van der Waals surface area contributed by atoms with Gasteiger partial charge in [0, 0.05) is 25.4 Å². The molecule has 5 rings (SSSR count). The van der Waals surface area contributed by atoms with Crippen molar-refractivity contribution >= 4 is 11.9 Å². The maximum absolute atomic E-state index is 14.0. The highest BCUT2D eigenvalue weighted by Gasteiger charge is 2.51. The van der Waals surface area contributed by atoms with Gasteiger partial charge in [-0.3, -0.25) is 9.69 Å². The second-order valence-corrected chi connectivity index (χ2v) is 9.46. The Hall–Kier alpha value is -3.64. The predicted octanol–water partition coefficient (Wildman–Crippen LogP) is 4.57. The maximum atomic E-state index is 14.0. The largest absolute Gasteiger partial charge is 0.497 e. The average Bonchev–Trinajstić information content (AvgIpc) is 3.44.